The maximum atomic E-state index is 13.2. The first-order chi connectivity index (χ1) is 16.4. The molecule has 1 N–H and O–H groups in total. The minimum atomic E-state index is -3.70. The SMILES string of the molecule is O=C(/C=C/c1ccc(F)cc1)Nc1cc(S(=O)(=O)N2CCOCC2)ccc1N1CCCCCC1. The first kappa shape index (κ1) is 24.4. The number of carbonyl (C=O) groups is 1. The number of morpholine rings is 1. The molecule has 2 heterocycles. The molecule has 0 saturated carbocycles. The number of amides is 1. The van der Waals surface area contributed by atoms with Gasteiger partial charge in [0.15, 0.2) is 0 Å². The fourth-order valence-electron chi connectivity index (χ4n) is 4.22. The highest BCUT2D eigenvalue weighted by Crippen LogP contribution is 2.32. The van der Waals surface area contributed by atoms with E-state index in [0.29, 0.717) is 37.6 Å². The molecule has 0 aromatic heterocycles. The molecule has 0 bridgehead atoms. The Morgan fingerprint density at radius 1 is 0.941 bits per heavy atom. The standard InChI is InChI=1S/C25H30FN3O4S/c26-21-8-5-20(6-9-21)7-12-25(30)27-23-19-22(34(31,32)29-15-17-33-18-16-29)10-11-24(23)28-13-3-1-2-4-14-28/h5-12,19H,1-4,13-18H2,(H,27,30)/b12-7+. The number of sulfonamides is 1. The van der Waals surface area contributed by atoms with Crippen LogP contribution in [0.4, 0.5) is 15.8 Å². The molecule has 34 heavy (non-hydrogen) atoms. The number of halogens is 1. The van der Waals surface area contributed by atoms with Crippen molar-refractivity contribution in [2.45, 2.75) is 30.6 Å². The molecule has 0 aliphatic carbocycles. The van der Waals surface area contributed by atoms with Gasteiger partial charge in [0.2, 0.25) is 15.9 Å². The monoisotopic (exact) mass is 487 g/mol. The molecule has 2 aliphatic rings. The van der Waals surface area contributed by atoms with Crippen LogP contribution < -0.4 is 10.2 Å². The predicted octanol–water partition coefficient (Wildman–Crippen LogP) is 3.88. The summed E-state index contributed by atoms with van der Waals surface area (Å²) >= 11 is 0. The van der Waals surface area contributed by atoms with Crippen molar-refractivity contribution in [3.8, 4) is 0 Å². The van der Waals surface area contributed by atoms with Gasteiger partial charge < -0.3 is 15.0 Å². The molecule has 0 unspecified atom stereocenters. The van der Waals surface area contributed by atoms with Crippen LogP contribution in [0.3, 0.4) is 0 Å². The number of benzene rings is 2. The second-order valence-electron chi connectivity index (χ2n) is 8.47. The first-order valence-electron chi connectivity index (χ1n) is 11.6. The lowest BCUT2D eigenvalue weighted by Gasteiger charge is -2.28. The van der Waals surface area contributed by atoms with Crippen LogP contribution in [0.2, 0.25) is 0 Å². The summed E-state index contributed by atoms with van der Waals surface area (Å²) in [5.74, 6) is -0.733. The van der Waals surface area contributed by atoms with Crippen molar-refractivity contribution in [3.63, 3.8) is 0 Å². The first-order valence-corrected chi connectivity index (χ1v) is 13.1. The van der Waals surface area contributed by atoms with E-state index >= 15 is 0 Å². The van der Waals surface area contributed by atoms with Crippen LogP contribution in [-0.2, 0) is 19.6 Å². The molecule has 2 aliphatic heterocycles. The fourth-order valence-corrected chi connectivity index (χ4v) is 5.65. The molecule has 2 aromatic rings. The van der Waals surface area contributed by atoms with Gasteiger partial charge >= 0.3 is 0 Å². The molecule has 7 nitrogen and oxygen atoms in total. The molecule has 9 heteroatoms. The Kier molecular flexibility index (Phi) is 7.97. The minimum Gasteiger partial charge on any atom is -0.379 e. The third-order valence-electron chi connectivity index (χ3n) is 6.08. The molecule has 4 rings (SSSR count). The highest BCUT2D eigenvalue weighted by atomic mass is 32.2. The van der Waals surface area contributed by atoms with Crippen molar-refractivity contribution in [1.82, 2.24) is 4.31 Å². The van der Waals surface area contributed by atoms with E-state index in [1.807, 2.05) is 0 Å². The van der Waals surface area contributed by atoms with Crippen LogP contribution >= 0.6 is 0 Å². The van der Waals surface area contributed by atoms with E-state index in [4.69, 9.17) is 4.74 Å². The average Bonchev–Trinajstić information content (AvgIpc) is 3.14. The number of anilines is 2. The molecule has 2 saturated heterocycles. The molecule has 0 atom stereocenters. The van der Waals surface area contributed by atoms with Crippen LogP contribution in [0.5, 0.6) is 0 Å². The van der Waals surface area contributed by atoms with E-state index in [1.54, 1.807) is 36.4 Å². The summed E-state index contributed by atoms with van der Waals surface area (Å²) < 4.78 is 46.2. The fraction of sp³-hybridized carbons (Fsp3) is 0.400. The van der Waals surface area contributed by atoms with E-state index in [0.717, 1.165) is 44.5 Å². The van der Waals surface area contributed by atoms with Crippen molar-refractivity contribution >= 4 is 33.4 Å². The summed E-state index contributed by atoms with van der Waals surface area (Å²) in [4.78, 5) is 15.1. The number of ether oxygens (including phenoxy) is 1. The Bertz CT molecular complexity index is 1120. The predicted molar refractivity (Wildman–Crippen MR) is 131 cm³/mol. The lowest BCUT2D eigenvalue weighted by Crippen LogP contribution is -2.40. The third kappa shape index (κ3) is 6.02. The Balaban J connectivity index is 1.61. The Morgan fingerprint density at radius 3 is 2.29 bits per heavy atom. The number of hydrogen-bond donors (Lipinski definition) is 1. The normalized spacial score (nSPS) is 18.1. The third-order valence-corrected chi connectivity index (χ3v) is 7.97. The summed E-state index contributed by atoms with van der Waals surface area (Å²) in [5, 5.41) is 2.88. The van der Waals surface area contributed by atoms with Gasteiger partial charge in [-0.1, -0.05) is 25.0 Å². The highest BCUT2D eigenvalue weighted by Gasteiger charge is 2.27. The summed E-state index contributed by atoms with van der Waals surface area (Å²) in [5.41, 5.74) is 1.96. The van der Waals surface area contributed by atoms with E-state index in [1.165, 1.54) is 22.5 Å². The largest absolute Gasteiger partial charge is 0.379 e. The minimum absolute atomic E-state index is 0.144. The van der Waals surface area contributed by atoms with Crippen LogP contribution in [0.15, 0.2) is 53.4 Å². The van der Waals surface area contributed by atoms with Crippen molar-refractivity contribution in [2.24, 2.45) is 0 Å². The van der Waals surface area contributed by atoms with Gasteiger partial charge in [-0.3, -0.25) is 4.79 Å². The van der Waals surface area contributed by atoms with E-state index < -0.39 is 10.0 Å². The Morgan fingerprint density at radius 2 is 1.62 bits per heavy atom. The molecule has 0 radical (unpaired) electrons. The van der Waals surface area contributed by atoms with Crippen LogP contribution in [0, 0.1) is 5.82 Å². The molecular formula is C25H30FN3O4S. The average molecular weight is 488 g/mol. The molecule has 2 fully saturated rings. The van der Waals surface area contributed by atoms with Gasteiger partial charge in [-0.15, -0.1) is 0 Å². The topological polar surface area (TPSA) is 79.0 Å². The maximum Gasteiger partial charge on any atom is 0.248 e. The van der Waals surface area contributed by atoms with Gasteiger partial charge in [0.1, 0.15) is 5.82 Å². The highest BCUT2D eigenvalue weighted by molar-refractivity contribution is 7.89. The van der Waals surface area contributed by atoms with E-state index in [-0.39, 0.29) is 16.6 Å². The van der Waals surface area contributed by atoms with Gasteiger partial charge in [0, 0.05) is 32.3 Å². The summed E-state index contributed by atoms with van der Waals surface area (Å²) in [6, 6.07) is 10.8. The smallest absolute Gasteiger partial charge is 0.248 e. The number of rotatable bonds is 6. The van der Waals surface area contributed by atoms with Gasteiger partial charge in [-0.25, -0.2) is 12.8 Å². The lowest BCUT2D eigenvalue weighted by atomic mass is 10.2. The summed E-state index contributed by atoms with van der Waals surface area (Å²) in [7, 11) is -3.70. The van der Waals surface area contributed by atoms with Crippen molar-refractivity contribution in [1.29, 1.82) is 0 Å². The zero-order chi connectivity index (χ0) is 24.0. The number of carbonyl (C=O) groups excluding carboxylic acids is 1. The Hall–Kier alpha value is -2.75. The van der Waals surface area contributed by atoms with Crippen LogP contribution in [0.1, 0.15) is 31.2 Å². The second-order valence-corrected chi connectivity index (χ2v) is 10.4. The van der Waals surface area contributed by atoms with Gasteiger partial charge in [0.05, 0.1) is 29.5 Å². The zero-order valence-electron chi connectivity index (χ0n) is 19.1. The molecule has 2 aromatic carbocycles. The van der Waals surface area contributed by atoms with Crippen molar-refractivity contribution in [3.05, 3.63) is 59.9 Å². The van der Waals surface area contributed by atoms with Gasteiger partial charge in [-0.2, -0.15) is 4.31 Å². The molecule has 1 amide bonds. The summed E-state index contributed by atoms with van der Waals surface area (Å²) in [6.45, 7) is 3.04. The van der Waals surface area contributed by atoms with Crippen molar-refractivity contribution < 1.29 is 22.3 Å². The van der Waals surface area contributed by atoms with E-state index in [2.05, 4.69) is 10.2 Å². The quantitative estimate of drug-likeness (QED) is 0.626. The molecule has 182 valence electrons. The van der Waals surface area contributed by atoms with Gasteiger partial charge in [0.25, 0.3) is 0 Å². The van der Waals surface area contributed by atoms with Crippen molar-refractivity contribution in [2.75, 3.05) is 49.6 Å². The van der Waals surface area contributed by atoms with Crippen LogP contribution in [0.25, 0.3) is 6.08 Å². The Labute approximate surface area is 200 Å². The van der Waals surface area contributed by atoms with Crippen LogP contribution in [-0.4, -0.2) is 58.0 Å². The number of nitrogens with one attached hydrogen (secondary N) is 1. The number of nitrogens with zero attached hydrogens (tertiary/aromatic N) is 2. The molecule has 0 spiro atoms. The maximum absolute atomic E-state index is 13.2. The van der Waals surface area contributed by atoms with E-state index in [9.17, 15) is 17.6 Å². The molecular weight excluding hydrogens is 457 g/mol. The number of hydrogen-bond acceptors (Lipinski definition) is 5. The zero-order valence-corrected chi connectivity index (χ0v) is 19.9. The van der Waals surface area contributed by atoms with Gasteiger partial charge in [-0.05, 0) is 54.8 Å². The second kappa shape index (κ2) is 11.1. The summed E-state index contributed by atoms with van der Waals surface area (Å²) in [6.07, 6.45) is 7.36. The lowest BCUT2D eigenvalue weighted by molar-refractivity contribution is -0.111.